The normalized spacial score (nSPS) is 10.5. The third-order valence-corrected chi connectivity index (χ3v) is 1.06. The molecule has 0 aliphatic carbocycles. The standard InChI is InChI=1S/C8H11NO2/c1-5-8(10)11-9-7(4)6(2)3/h5H,1-2H2,3-4H3. The molecule has 0 aromatic heterocycles. The van der Waals surface area contributed by atoms with Gasteiger partial charge in [0.2, 0.25) is 0 Å². The maximum atomic E-state index is 10.5. The minimum atomic E-state index is -0.564. The summed E-state index contributed by atoms with van der Waals surface area (Å²) >= 11 is 0. The molecule has 11 heavy (non-hydrogen) atoms. The number of hydrogen-bond acceptors (Lipinski definition) is 3. The van der Waals surface area contributed by atoms with Gasteiger partial charge in [-0.05, 0) is 19.4 Å². The molecule has 0 N–H and O–H groups in total. The minimum Gasteiger partial charge on any atom is -0.313 e. The van der Waals surface area contributed by atoms with Gasteiger partial charge >= 0.3 is 5.97 Å². The Morgan fingerprint density at radius 1 is 1.55 bits per heavy atom. The second-order valence-electron chi connectivity index (χ2n) is 2.07. The Morgan fingerprint density at radius 2 is 2.09 bits per heavy atom. The molecule has 60 valence electrons. The molecule has 0 atom stereocenters. The zero-order chi connectivity index (χ0) is 8.85. The van der Waals surface area contributed by atoms with Gasteiger partial charge in [0.1, 0.15) is 0 Å². The van der Waals surface area contributed by atoms with Crippen LogP contribution in [0, 0.1) is 0 Å². The molecule has 0 spiro atoms. The molecule has 0 unspecified atom stereocenters. The highest BCUT2D eigenvalue weighted by molar-refractivity contribution is 5.97. The predicted octanol–water partition coefficient (Wildman–Crippen LogP) is 1.67. The largest absolute Gasteiger partial charge is 0.358 e. The van der Waals surface area contributed by atoms with Crippen LogP contribution in [-0.4, -0.2) is 11.7 Å². The predicted molar refractivity (Wildman–Crippen MR) is 44.2 cm³/mol. The van der Waals surface area contributed by atoms with E-state index >= 15 is 0 Å². The molecule has 0 saturated carbocycles. The summed E-state index contributed by atoms with van der Waals surface area (Å²) in [5.74, 6) is -0.564. The molecule has 0 aromatic rings. The highest BCUT2D eigenvalue weighted by atomic mass is 16.7. The van der Waals surface area contributed by atoms with E-state index in [1.807, 2.05) is 0 Å². The Kier molecular flexibility index (Phi) is 3.88. The quantitative estimate of drug-likeness (QED) is 0.268. The molecule has 3 nitrogen and oxygen atoms in total. The first-order chi connectivity index (χ1) is 5.07. The third-order valence-electron chi connectivity index (χ3n) is 1.06. The van der Waals surface area contributed by atoms with E-state index < -0.39 is 5.97 Å². The third kappa shape index (κ3) is 4.08. The Morgan fingerprint density at radius 3 is 2.45 bits per heavy atom. The second kappa shape index (κ2) is 4.44. The van der Waals surface area contributed by atoms with Gasteiger partial charge in [0.25, 0.3) is 0 Å². The van der Waals surface area contributed by atoms with Crippen molar-refractivity contribution in [3.05, 3.63) is 24.8 Å². The summed E-state index contributed by atoms with van der Waals surface area (Å²) in [6.07, 6.45) is 1.05. The van der Waals surface area contributed by atoms with Crippen molar-refractivity contribution in [2.45, 2.75) is 13.8 Å². The van der Waals surface area contributed by atoms with E-state index in [4.69, 9.17) is 0 Å². The van der Waals surface area contributed by atoms with Crippen LogP contribution in [-0.2, 0) is 9.63 Å². The Hall–Kier alpha value is -1.38. The molecule has 0 bridgehead atoms. The van der Waals surface area contributed by atoms with Gasteiger partial charge in [-0.1, -0.05) is 18.3 Å². The lowest BCUT2D eigenvalue weighted by molar-refractivity contribution is -0.137. The fourth-order valence-corrected chi connectivity index (χ4v) is 0.229. The van der Waals surface area contributed by atoms with Crippen molar-refractivity contribution in [2.24, 2.45) is 5.16 Å². The molecular weight excluding hydrogens is 142 g/mol. The van der Waals surface area contributed by atoms with E-state index in [9.17, 15) is 4.79 Å². The smallest absolute Gasteiger partial charge is 0.313 e. The molecule has 0 heterocycles. The summed E-state index contributed by atoms with van der Waals surface area (Å²) in [5.41, 5.74) is 1.36. The first-order valence-electron chi connectivity index (χ1n) is 3.11. The van der Waals surface area contributed by atoms with Crippen molar-refractivity contribution in [1.29, 1.82) is 0 Å². The van der Waals surface area contributed by atoms with Crippen LogP contribution >= 0.6 is 0 Å². The Labute approximate surface area is 66.0 Å². The van der Waals surface area contributed by atoms with E-state index in [1.54, 1.807) is 13.8 Å². The van der Waals surface area contributed by atoms with Crippen LogP contribution in [0.25, 0.3) is 0 Å². The van der Waals surface area contributed by atoms with Crippen LogP contribution in [0.4, 0.5) is 0 Å². The number of carbonyl (C=O) groups excluding carboxylic acids is 1. The molecule has 0 aliphatic rings. The SMILES string of the molecule is C=CC(=O)ON=C(C)C(=C)C. The highest BCUT2D eigenvalue weighted by Gasteiger charge is 1.95. The van der Waals surface area contributed by atoms with Gasteiger partial charge in [-0.2, -0.15) is 0 Å². The fourth-order valence-electron chi connectivity index (χ4n) is 0.229. The van der Waals surface area contributed by atoms with Crippen molar-refractivity contribution >= 4 is 11.7 Å². The Bertz CT molecular complexity index is 216. The van der Waals surface area contributed by atoms with Crippen LogP contribution in [0.1, 0.15) is 13.8 Å². The van der Waals surface area contributed by atoms with Crippen molar-refractivity contribution in [1.82, 2.24) is 0 Å². The van der Waals surface area contributed by atoms with Gasteiger partial charge < -0.3 is 4.84 Å². The van der Waals surface area contributed by atoms with E-state index in [2.05, 4.69) is 23.2 Å². The van der Waals surface area contributed by atoms with Gasteiger partial charge in [-0.15, -0.1) is 0 Å². The van der Waals surface area contributed by atoms with Gasteiger partial charge in [0.05, 0.1) is 5.71 Å². The number of allylic oxidation sites excluding steroid dienone is 1. The maximum absolute atomic E-state index is 10.5. The Balaban J connectivity index is 4.02. The number of oxime groups is 1. The first-order valence-corrected chi connectivity index (χ1v) is 3.11. The number of rotatable bonds is 3. The lowest BCUT2D eigenvalue weighted by atomic mass is 10.2. The number of hydrogen-bond donors (Lipinski definition) is 0. The zero-order valence-corrected chi connectivity index (χ0v) is 6.76. The number of nitrogens with zero attached hydrogens (tertiary/aromatic N) is 1. The summed E-state index contributed by atoms with van der Waals surface area (Å²) in [6.45, 7) is 10.3. The molecule has 0 fully saturated rings. The van der Waals surface area contributed by atoms with Crippen molar-refractivity contribution in [3.8, 4) is 0 Å². The monoisotopic (exact) mass is 153 g/mol. The van der Waals surface area contributed by atoms with Gasteiger partial charge in [0.15, 0.2) is 0 Å². The molecule has 3 heteroatoms. The van der Waals surface area contributed by atoms with Gasteiger partial charge in [-0.3, -0.25) is 0 Å². The van der Waals surface area contributed by atoms with Crippen molar-refractivity contribution in [2.75, 3.05) is 0 Å². The average Bonchev–Trinajstić information content (AvgIpc) is 1.99. The molecule has 0 amide bonds. The van der Waals surface area contributed by atoms with E-state index in [1.165, 1.54) is 0 Å². The summed E-state index contributed by atoms with van der Waals surface area (Å²) in [6, 6.07) is 0. The van der Waals surface area contributed by atoms with Crippen LogP contribution < -0.4 is 0 Å². The van der Waals surface area contributed by atoms with Crippen LogP contribution in [0.5, 0.6) is 0 Å². The summed E-state index contributed by atoms with van der Waals surface area (Å²) in [5, 5.41) is 3.49. The summed E-state index contributed by atoms with van der Waals surface area (Å²) in [4.78, 5) is 14.8. The van der Waals surface area contributed by atoms with Gasteiger partial charge in [-0.25, -0.2) is 4.79 Å². The molecule has 0 radical (unpaired) electrons. The van der Waals surface area contributed by atoms with Gasteiger partial charge in [0, 0.05) is 6.08 Å². The molecule has 0 rings (SSSR count). The maximum Gasteiger partial charge on any atom is 0.358 e. The van der Waals surface area contributed by atoms with Crippen LogP contribution in [0.15, 0.2) is 30.0 Å². The van der Waals surface area contributed by atoms with E-state index in [0.29, 0.717) is 5.71 Å². The van der Waals surface area contributed by atoms with Crippen LogP contribution in [0.2, 0.25) is 0 Å². The average molecular weight is 153 g/mol. The molecular formula is C8H11NO2. The summed E-state index contributed by atoms with van der Waals surface area (Å²) in [7, 11) is 0. The fraction of sp³-hybridized carbons (Fsp3) is 0.250. The lowest BCUT2D eigenvalue weighted by Gasteiger charge is -1.95. The molecule has 0 saturated heterocycles. The van der Waals surface area contributed by atoms with Crippen LogP contribution in [0.3, 0.4) is 0 Å². The van der Waals surface area contributed by atoms with Crippen molar-refractivity contribution < 1.29 is 9.63 Å². The minimum absolute atomic E-state index is 0.564. The van der Waals surface area contributed by atoms with E-state index in [-0.39, 0.29) is 0 Å². The summed E-state index contributed by atoms with van der Waals surface area (Å²) < 4.78 is 0. The lowest BCUT2D eigenvalue weighted by Crippen LogP contribution is -1.98. The van der Waals surface area contributed by atoms with Crippen molar-refractivity contribution in [3.63, 3.8) is 0 Å². The second-order valence-corrected chi connectivity index (χ2v) is 2.07. The highest BCUT2D eigenvalue weighted by Crippen LogP contribution is 1.93. The number of carbonyl (C=O) groups is 1. The molecule has 0 aliphatic heterocycles. The van der Waals surface area contributed by atoms with E-state index in [0.717, 1.165) is 11.6 Å². The topological polar surface area (TPSA) is 38.7 Å². The molecule has 0 aromatic carbocycles. The zero-order valence-electron chi connectivity index (χ0n) is 6.76. The first kappa shape index (κ1) is 9.62.